The van der Waals surface area contributed by atoms with Crippen LogP contribution < -0.4 is 10.1 Å². The fourth-order valence-corrected chi connectivity index (χ4v) is 3.85. The van der Waals surface area contributed by atoms with Crippen LogP contribution in [0.4, 0.5) is 32.0 Å². The lowest BCUT2D eigenvalue weighted by Gasteiger charge is -2.16. The molecule has 4 nitrogen and oxygen atoms in total. The average Bonchev–Trinajstić information content (AvgIpc) is 3.18. The minimum atomic E-state index is -4.54. The molecule has 0 aliphatic rings. The van der Waals surface area contributed by atoms with Gasteiger partial charge in [0.1, 0.15) is 5.75 Å². The summed E-state index contributed by atoms with van der Waals surface area (Å²) < 4.78 is 83.4. The van der Waals surface area contributed by atoms with Crippen molar-refractivity contribution in [2.45, 2.75) is 25.3 Å². The Hall–Kier alpha value is -4.08. The number of hydrogen-bond acceptors (Lipinski definition) is 3. The second-order valence-electron chi connectivity index (χ2n) is 8.36. The van der Waals surface area contributed by atoms with Crippen LogP contribution in [-0.4, -0.2) is 22.5 Å². The molecule has 4 aromatic rings. The van der Waals surface area contributed by atoms with Gasteiger partial charge < -0.3 is 15.2 Å². The molecular formula is C27H22F6N2O2. The van der Waals surface area contributed by atoms with E-state index in [1.807, 2.05) is 37.3 Å². The number of anilines is 1. The number of nitrogens with zero attached hydrogens (tertiary/aromatic N) is 1. The third-order valence-electron chi connectivity index (χ3n) is 5.63. The number of rotatable bonds is 7. The monoisotopic (exact) mass is 520 g/mol. The Morgan fingerprint density at radius 1 is 0.865 bits per heavy atom. The maximum atomic E-state index is 13.1. The number of hydrogen-bond donors (Lipinski definition) is 2. The molecule has 1 heterocycles. The zero-order valence-electron chi connectivity index (χ0n) is 19.4. The Bertz CT molecular complexity index is 1350. The highest BCUT2D eigenvalue weighted by molar-refractivity contribution is 5.75. The van der Waals surface area contributed by atoms with Gasteiger partial charge in [-0.2, -0.15) is 26.3 Å². The van der Waals surface area contributed by atoms with Gasteiger partial charge in [0.25, 0.3) is 0 Å². The Morgan fingerprint density at radius 2 is 1.54 bits per heavy atom. The summed E-state index contributed by atoms with van der Waals surface area (Å²) in [7, 11) is 0. The first-order valence-corrected chi connectivity index (χ1v) is 11.2. The highest BCUT2D eigenvalue weighted by Gasteiger charge is 2.31. The molecule has 0 amide bonds. The van der Waals surface area contributed by atoms with Crippen LogP contribution in [0.15, 0.2) is 84.9 Å². The molecule has 0 saturated heterocycles. The van der Waals surface area contributed by atoms with Crippen molar-refractivity contribution in [3.05, 3.63) is 96.1 Å². The first kappa shape index (κ1) is 26.0. The van der Waals surface area contributed by atoms with E-state index in [0.717, 1.165) is 17.7 Å². The van der Waals surface area contributed by atoms with Crippen LogP contribution in [-0.2, 0) is 6.18 Å². The Morgan fingerprint density at radius 3 is 2.16 bits per heavy atom. The van der Waals surface area contributed by atoms with Crippen LogP contribution in [0.3, 0.4) is 0 Å². The molecule has 0 aliphatic carbocycles. The van der Waals surface area contributed by atoms with Gasteiger partial charge in [-0.3, -0.25) is 4.57 Å². The second-order valence-corrected chi connectivity index (χ2v) is 8.36. The van der Waals surface area contributed by atoms with E-state index in [1.165, 1.54) is 34.9 Å². The number of nitrogens with one attached hydrogen (secondary N) is 1. The maximum Gasteiger partial charge on any atom is 0.422 e. The van der Waals surface area contributed by atoms with Crippen molar-refractivity contribution in [2.24, 2.45) is 0 Å². The topological polar surface area (TPSA) is 46.4 Å². The Labute approximate surface area is 208 Å². The van der Waals surface area contributed by atoms with Gasteiger partial charge in [0.05, 0.1) is 16.9 Å². The number of ether oxygens (including phenoxy) is 1. The smallest absolute Gasteiger partial charge is 0.422 e. The number of aromatic nitrogens is 1. The van der Waals surface area contributed by atoms with Crippen molar-refractivity contribution >= 4 is 5.69 Å². The molecule has 194 valence electrons. The number of halogens is 6. The van der Waals surface area contributed by atoms with Gasteiger partial charge in [-0.25, -0.2) is 0 Å². The molecular weight excluding hydrogens is 498 g/mol. The van der Waals surface area contributed by atoms with Crippen molar-refractivity contribution < 1.29 is 36.2 Å². The molecule has 0 radical (unpaired) electrons. The first-order valence-electron chi connectivity index (χ1n) is 11.2. The first-order chi connectivity index (χ1) is 17.4. The van der Waals surface area contributed by atoms with E-state index < -0.39 is 24.5 Å². The molecule has 4 rings (SSSR count). The molecule has 0 spiro atoms. The second kappa shape index (κ2) is 10.1. The highest BCUT2D eigenvalue weighted by Crippen LogP contribution is 2.40. The number of benzene rings is 3. The normalized spacial score (nSPS) is 12.8. The summed E-state index contributed by atoms with van der Waals surface area (Å²) in [5, 5.41) is 14.3. The molecule has 1 aromatic heterocycles. The lowest BCUT2D eigenvalue weighted by Crippen LogP contribution is -2.19. The molecule has 0 saturated carbocycles. The predicted octanol–water partition coefficient (Wildman–Crippen LogP) is 7.98. The molecule has 10 heteroatoms. The maximum absolute atomic E-state index is 13.1. The lowest BCUT2D eigenvalue weighted by molar-refractivity contribution is -0.153. The van der Waals surface area contributed by atoms with Gasteiger partial charge in [-0.1, -0.05) is 42.5 Å². The molecule has 1 atom stereocenters. The van der Waals surface area contributed by atoms with Crippen LogP contribution in [0.2, 0.25) is 0 Å². The molecule has 37 heavy (non-hydrogen) atoms. The van der Waals surface area contributed by atoms with Crippen molar-refractivity contribution in [3.8, 4) is 28.6 Å². The van der Waals surface area contributed by atoms with Gasteiger partial charge in [0.2, 0.25) is 5.88 Å². The largest absolute Gasteiger partial charge is 0.493 e. The fourth-order valence-electron chi connectivity index (χ4n) is 3.85. The van der Waals surface area contributed by atoms with Crippen molar-refractivity contribution in [3.63, 3.8) is 0 Å². The minimum absolute atomic E-state index is 0.0540. The third kappa shape index (κ3) is 6.19. The molecule has 0 fully saturated rings. The molecule has 0 bridgehead atoms. The van der Waals surface area contributed by atoms with Crippen LogP contribution in [0.5, 0.6) is 11.6 Å². The molecule has 0 aliphatic heterocycles. The number of alkyl halides is 6. The summed E-state index contributed by atoms with van der Waals surface area (Å²) >= 11 is 0. The summed E-state index contributed by atoms with van der Waals surface area (Å²) in [4.78, 5) is 0. The van der Waals surface area contributed by atoms with E-state index in [1.54, 1.807) is 12.1 Å². The standard InChI is InChI=1S/C27H22F6N2O2/c1-17(18-6-3-2-4-7-18)34-23-15-24(19-8-5-9-22(14-19)37-16-26(28,29)30)35(25(23)36)21-12-10-20(11-13-21)27(31,32)33/h2-15,17,34,36H,16H2,1H3/t17-/m1/s1. The zero-order chi connectivity index (χ0) is 26.8. The van der Waals surface area contributed by atoms with E-state index >= 15 is 0 Å². The Kier molecular flexibility index (Phi) is 7.11. The molecule has 3 aromatic carbocycles. The van der Waals surface area contributed by atoms with E-state index in [9.17, 15) is 31.4 Å². The van der Waals surface area contributed by atoms with Crippen molar-refractivity contribution in [1.29, 1.82) is 0 Å². The Balaban J connectivity index is 1.77. The van der Waals surface area contributed by atoms with Crippen molar-refractivity contribution in [1.82, 2.24) is 4.57 Å². The van der Waals surface area contributed by atoms with Gasteiger partial charge in [0.15, 0.2) is 6.61 Å². The third-order valence-corrected chi connectivity index (χ3v) is 5.63. The van der Waals surface area contributed by atoms with Crippen LogP contribution in [0.1, 0.15) is 24.1 Å². The van der Waals surface area contributed by atoms with E-state index in [2.05, 4.69) is 5.32 Å². The van der Waals surface area contributed by atoms with E-state index in [-0.39, 0.29) is 29.0 Å². The van der Waals surface area contributed by atoms with Gasteiger partial charge in [-0.05, 0) is 55.0 Å². The quantitative estimate of drug-likeness (QED) is 0.243. The van der Waals surface area contributed by atoms with Gasteiger partial charge in [0, 0.05) is 17.3 Å². The minimum Gasteiger partial charge on any atom is -0.493 e. The van der Waals surface area contributed by atoms with Crippen LogP contribution in [0.25, 0.3) is 16.9 Å². The van der Waals surface area contributed by atoms with Crippen LogP contribution in [0, 0.1) is 0 Å². The van der Waals surface area contributed by atoms with Crippen LogP contribution >= 0.6 is 0 Å². The molecule has 0 unspecified atom stereocenters. The summed E-state index contributed by atoms with van der Waals surface area (Å²) in [6, 6.07) is 20.7. The summed E-state index contributed by atoms with van der Waals surface area (Å²) in [6.45, 7) is 0.387. The fraction of sp³-hybridized carbons (Fsp3) is 0.185. The SMILES string of the molecule is C[C@@H](Nc1cc(-c2cccc(OCC(F)(F)F)c2)n(-c2ccc(C(F)(F)F)cc2)c1O)c1ccccc1. The van der Waals surface area contributed by atoms with E-state index in [0.29, 0.717) is 11.3 Å². The average molecular weight is 520 g/mol. The summed E-state index contributed by atoms with van der Waals surface area (Å²) in [5.41, 5.74) is 1.29. The van der Waals surface area contributed by atoms with Crippen molar-refractivity contribution in [2.75, 3.05) is 11.9 Å². The summed E-state index contributed by atoms with van der Waals surface area (Å²) in [6.07, 6.45) is -9.07. The predicted molar refractivity (Wildman–Crippen MR) is 128 cm³/mol. The lowest BCUT2D eigenvalue weighted by atomic mass is 10.1. The van der Waals surface area contributed by atoms with Gasteiger partial charge >= 0.3 is 12.4 Å². The summed E-state index contributed by atoms with van der Waals surface area (Å²) in [5.74, 6) is -0.333. The number of aromatic hydroxyl groups is 1. The molecule has 2 N–H and O–H groups in total. The van der Waals surface area contributed by atoms with Gasteiger partial charge in [-0.15, -0.1) is 0 Å². The zero-order valence-corrected chi connectivity index (χ0v) is 19.4. The highest BCUT2D eigenvalue weighted by atomic mass is 19.4. The van der Waals surface area contributed by atoms with E-state index in [4.69, 9.17) is 4.74 Å².